The van der Waals surface area contributed by atoms with Gasteiger partial charge in [-0.2, -0.15) is 0 Å². The van der Waals surface area contributed by atoms with Crippen molar-refractivity contribution in [1.29, 1.82) is 0 Å². The van der Waals surface area contributed by atoms with Gasteiger partial charge in [0.05, 0.1) is 29.0 Å². The number of carbonyl (C=O) groups is 3. The Morgan fingerprint density at radius 2 is 1.68 bits per heavy atom. The van der Waals surface area contributed by atoms with Gasteiger partial charge in [0, 0.05) is 11.6 Å². The second-order valence-corrected chi connectivity index (χ2v) is 19.5. The lowest BCUT2D eigenvalue weighted by molar-refractivity contribution is -0.249. The number of hydrogen-bond donors (Lipinski definition) is 2. The number of nitrogens with zero attached hydrogens (tertiary/aromatic N) is 1. The number of esters is 1. The van der Waals surface area contributed by atoms with Crippen molar-refractivity contribution in [1.82, 2.24) is 10.3 Å². The first kappa shape index (κ1) is 37.1. The molecule has 0 aliphatic heterocycles. The van der Waals surface area contributed by atoms with Gasteiger partial charge < -0.3 is 15.2 Å². The van der Waals surface area contributed by atoms with Gasteiger partial charge in [-0.15, -0.1) is 0 Å². The maximum Gasteiger partial charge on any atom is 0.309 e. The molecule has 11 atom stereocenters. The molecule has 1 amide bonds. The van der Waals surface area contributed by atoms with Crippen LogP contribution in [0.15, 0.2) is 36.5 Å². The van der Waals surface area contributed by atoms with Crippen molar-refractivity contribution >= 4 is 17.8 Å². The van der Waals surface area contributed by atoms with Crippen LogP contribution in [0, 0.1) is 62.1 Å². The Hall–Kier alpha value is -2.70. The van der Waals surface area contributed by atoms with Crippen LogP contribution in [0.4, 0.5) is 0 Å². The maximum atomic E-state index is 14.6. The van der Waals surface area contributed by atoms with E-state index in [2.05, 4.69) is 65.3 Å². The van der Waals surface area contributed by atoms with Crippen molar-refractivity contribution in [3.63, 3.8) is 0 Å². The first-order valence-electron chi connectivity index (χ1n) is 19.5. The third kappa shape index (κ3) is 5.49. The predicted molar refractivity (Wildman–Crippen MR) is 196 cm³/mol. The zero-order valence-electron chi connectivity index (χ0n) is 32.4. The highest BCUT2D eigenvalue weighted by Crippen LogP contribution is 2.77. The predicted octanol–water partition coefficient (Wildman–Crippen LogP) is 9.33. The van der Waals surface area contributed by atoms with Crippen LogP contribution in [0.3, 0.4) is 0 Å². The van der Waals surface area contributed by atoms with Gasteiger partial charge in [0.1, 0.15) is 6.10 Å². The van der Waals surface area contributed by atoms with Crippen molar-refractivity contribution in [2.75, 3.05) is 0 Å². The number of carboxylic acid groups (broad SMARTS) is 1. The standard InChI is InChI=1S/C43H64N2O5/c1-26(2)28-16-21-43(36(47)45-27(3)30-13-11-12-24-44-30)23-22-41(9)29(35(28)43)14-15-32-40(8)19-18-33(50-34(46)25-38(4,5)37(48)49)39(6,7)31(40)17-20-42(32,41)10/h11-13,24,27-29,31-33,35H,1,14-23,25H2,2-10H3,(H,45,47)(H,48,49)/t27?,28?,29?,31?,32?,33-,35?,40-,41+,42+,43-/m0/s1. The fraction of sp³-hybridized carbons (Fsp3) is 0.767. The molecular formula is C43H64N2O5. The summed E-state index contributed by atoms with van der Waals surface area (Å²) in [6, 6.07) is 5.77. The Labute approximate surface area is 301 Å². The molecule has 5 aliphatic carbocycles. The molecule has 6 rings (SSSR count). The zero-order chi connectivity index (χ0) is 36.7. The SMILES string of the molecule is C=C(C)C1CC[C@]2(C(=O)NC(C)c3ccccn3)CC[C@]3(C)C(CCC4[C@@]5(C)CC[C@H](OC(=O)CC(C)(C)C(=O)O)C(C)(C)C5CC[C@]43C)C12. The highest BCUT2D eigenvalue weighted by atomic mass is 16.5. The zero-order valence-corrected chi connectivity index (χ0v) is 32.4. The van der Waals surface area contributed by atoms with Gasteiger partial charge in [-0.3, -0.25) is 19.4 Å². The minimum absolute atomic E-state index is 0.110. The summed E-state index contributed by atoms with van der Waals surface area (Å²) in [4.78, 5) is 43.9. The summed E-state index contributed by atoms with van der Waals surface area (Å²) in [5, 5.41) is 13.1. The molecule has 0 saturated heterocycles. The third-order valence-corrected chi connectivity index (χ3v) is 16.4. The van der Waals surface area contributed by atoms with E-state index in [0.29, 0.717) is 29.6 Å². The normalized spacial score (nSPS) is 41.0. The lowest BCUT2D eigenvalue weighted by Gasteiger charge is -2.72. The summed E-state index contributed by atoms with van der Waals surface area (Å²) in [5.74, 6) is 0.900. The van der Waals surface area contributed by atoms with E-state index in [4.69, 9.17) is 4.74 Å². The second-order valence-electron chi connectivity index (χ2n) is 19.5. The minimum atomic E-state index is -1.15. The summed E-state index contributed by atoms with van der Waals surface area (Å²) >= 11 is 0. The lowest BCUT2D eigenvalue weighted by Crippen LogP contribution is -2.67. The van der Waals surface area contributed by atoms with Crippen molar-refractivity contribution < 1.29 is 24.2 Å². The van der Waals surface area contributed by atoms with Crippen LogP contribution in [-0.4, -0.2) is 34.0 Å². The molecule has 50 heavy (non-hydrogen) atoms. The van der Waals surface area contributed by atoms with E-state index in [9.17, 15) is 19.5 Å². The number of amides is 1. The summed E-state index contributed by atoms with van der Waals surface area (Å²) in [5.41, 5.74) is 0.756. The molecule has 0 aromatic carbocycles. The molecule has 0 radical (unpaired) electrons. The van der Waals surface area contributed by atoms with E-state index in [1.807, 2.05) is 18.2 Å². The fourth-order valence-electron chi connectivity index (χ4n) is 13.4. The summed E-state index contributed by atoms with van der Waals surface area (Å²) in [6.07, 6.45) is 11.8. The summed E-state index contributed by atoms with van der Waals surface area (Å²) in [7, 11) is 0. The number of carboxylic acids is 1. The van der Waals surface area contributed by atoms with E-state index in [0.717, 1.165) is 63.5 Å². The Morgan fingerprint density at radius 3 is 2.32 bits per heavy atom. The van der Waals surface area contributed by atoms with Gasteiger partial charge in [-0.05, 0) is 150 Å². The first-order chi connectivity index (χ1) is 23.2. The Balaban J connectivity index is 1.26. The van der Waals surface area contributed by atoms with E-state index in [1.54, 1.807) is 20.0 Å². The van der Waals surface area contributed by atoms with Crippen LogP contribution in [0.25, 0.3) is 0 Å². The topological polar surface area (TPSA) is 106 Å². The molecule has 1 aromatic rings. The number of pyridine rings is 1. The maximum absolute atomic E-state index is 14.6. The van der Waals surface area contributed by atoms with Gasteiger partial charge in [0.15, 0.2) is 0 Å². The van der Waals surface area contributed by atoms with Crippen LogP contribution >= 0.6 is 0 Å². The molecule has 0 bridgehead atoms. The van der Waals surface area contributed by atoms with Crippen LogP contribution in [0.5, 0.6) is 0 Å². The summed E-state index contributed by atoms with van der Waals surface area (Å²) < 4.78 is 6.17. The molecule has 5 saturated carbocycles. The van der Waals surface area contributed by atoms with Gasteiger partial charge in [-0.25, -0.2) is 0 Å². The Bertz CT molecular complexity index is 1520. The van der Waals surface area contributed by atoms with Crippen LogP contribution < -0.4 is 5.32 Å². The van der Waals surface area contributed by atoms with Gasteiger partial charge in [0.25, 0.3) is 0 Å². The molecule has 7 heteroatoms. The number of nitrogens with one attached hydrogen (secondary N) is 1. The molecule has 5 fully saturated rings. The van der Waals surface area contributed by atoms with Crippen molar-refractivity contribution in [2.24, 2.45) is 62.1 Å². The Morgan fingerprint density at radius 1 is 0.960 bits per heavy atom. The molecule has 5 aliphatic rings. The number of rotatable bonds is 8. The number of hydrogen-bond acceptors (Lipinski definition) is 5. The van der Waals surface area contributed by atoms with Crippen molar-refractivity contribution in [3.05, 3.63) is 42.2 Å². The van der Waals surface area contributed by atoms with Crippen LogP contribution in [0.2, 0.25) is 0 Å². The highest BCUT2D eigenvalue weighted by Gasteiger charge is 2.72. The third-order valence-electron chi connectivity index (χ3n) is 16.4. The van der Waals surface area contributed by atoms with Gasteiger partial charge >= 0.3 is 11.9 Å². The minimum Gasteiger partial charge on any atom is -0.481 e. The molecule has 1 heterocycles. The summed E-state index contributed by atoms with van der Waals surface area (Å²) in [6.45, 7) is 24.3. The van der Waals surface area contributed by atoms with Gasteiger partial charge in [-0.1, -0.05) is 52.8 Å². The van der Waals surface area contributed by atoms with Crippen molar-refractivity contribution in [3.8, 4) is 0 Å². The van der Waals surface area contributed by atoms with E-state index >= 15 is 0 Å². The number of allylic oxidation sites excluding steroid dienone is 1. The van der Waals surface area contributed by atoms with E-state index in [-0.39, 0.29) is 51.5 Å². The lowest BCUT2D eigenvalue weighted by atomic mass is 9.32. The van der Waals surface area contributed by atoms with Crippen molar-refractivity contribution in [2.45, 2.75) is 145 Å². The molecule has 0 spiro atoms. The number of aliphatic carboxylic acids is 1. The fourth-order valence-corrected chi connectivity index (χ4v) is 13.4. The highest BCUT2D eigenvalue weighted by molar-refractivity contribution is 5.84. The molecule has 6 unspecified atom stereocenters. The first-order valence-corrected chi connectivity index (χ1v) is 19.5. The number of fused-ring (bicyclic) bond motifs is 7. The molecule has 2 N–H and O–H groups in total. The van der Waals surface area contributed by atoms with Gasteiger partial charge in [0.2, 0.25) is 5.91 Å². The molecule has 276 valence electrons. The average molecular weight is 689 g/mol. The second kappa shape index (κ2) is 12.5. The monoisotopic (exact) mass is 688 g/mol. The largest absolute Gasteiger partial charge is 0.481 e. The quantitative estimate of drug-likeness (QED) is 0.208. The number of ether oxygens (including phenoxy) is 1. The Kier molecular flexibility index (Phi) is 9.24. The molecule has 7 nitrogen and oxygen atoms in total. The smallest absolute Gasteiger partial charge is 0.309 e. The van der Waals surface area contributed by atoms with E-state index in [1.165, 1.54) is 12.0 Å². The van der Waals surface area contributed by atoms with E-state index < -0.39 is 17.4 Å². The number of carbonyl (C=O) groups excluding carboxylic acids is 2. The number of aromatic nitrogens is 1. The van der Waals surface area contributed by atoms with Crippen LogP contribution in [-0.2, 0) is 19.1 Å². The molecular weight excluding hydrogens is 624 g/mol. The van der Waals surface area contributed by atoms with Crippen LogP contribution in [0.1, 0.15) is 145 Å². The average Bonchev–Trinajstić information content (AvgIpc) is 3.44. The molecule has 1 aromatic heterocycles.